The van der Waals surface area contributed by atoms with E-state index in [1.54, 1.807) is 30.6 Å². The van der Waals surface area contributed by atoms with Crippen LogP contribution in [0.4, 0.5) is 4.39 Å². The van der Waals surface area contributed by atoms with Gasteiger partial charge in [0.25, 0.3) is 0 Å². The van der Waals surface area contributed by atoms with E-state index in [0.29, 0.717) is 12.1 Å². The Morgan fingerprint density at radius 2 is 2.17 bits per heavy atom. The molecule has 0 N–H and O–H groups in total. The molecule has 2 aliphatic rings. The zero-order valence-corrected chi connectivity index (χ0v) is 14.4. The molecule has 0 radical (unpaired) electrons. The molecule has 2 heterocycles. The number of benzene rings is 1. The molecule has 4 rings (SSSR count). The SMILES string of the molecule is COc1cc2c(s1)CCN(C(C(=O)C1CC1)c1ccccc1F)C2. The fourth-order valence-electron chi connectivity index (χ4n) is 3.47. The predicted molar refractivity (Wildman–Crippen MR) is 91.9 cm³/mol. The zero-order chi connectivity index (χ0) is 16.7. The van der Waals surface area contributed by atoms with Crippen LogP contribution in [-0.4, -0.2) is 24.3 Å². The van der Waals surface area contributed by atoms with Crippen LogP contribution >= 0.6 is 11.3 Å². The lowest BCUT2D eigenvalue weighted by Crippen LogP contribution is -2.38. The maximum atomic E-state index is 14.4. The van der Waals surface area contributed by atoms with Crippen LogP contribution in [0.15, 0.2) is 30.3 Å². The van der Waals surface area contributed by atoms with E-state index in [0.717, 1.165) is 30.9 Å². The standard InChI is InChI=1S/C19H20FNO2S/c1-23-17-10-13-11-21(9-8-16(13)24-17)18(19(22)12-6-7-12)14-4-2-3-5-15(14)20/h2-5,10,12,18H,6-9,11H2,1H3. The number of rotatable bonds is 5. The van der Waals surface area contributed by atoms with Gasteiger partial charge in [-0.25, -0.2) is 4.39 Å². The number of fused-ring (bicyclic) bond motifs is 1. The van der Waals surface area contributed by atoms with Gasteiger partial charge in [0.15, 0.2) is 10.8 Å². The Morgan fingerprint density at radius 1 is 1.38 bits per heavy atom. The van der Waals surface area contributed by atoms with E-state index in [1.807, 2.05) is 12.1 Å². The lowest BCUT2D eigenvalue weighted by Gasteiger charge is -2.34. The Labute approximate surface area is 145 Å². The number of carbonyl (C=O) groups excluding carboxylic acids is 1. The van der Waals surface area contributed by atoms with E-state index in [4.69, 9.17) is 4.74 Å². The van der Waals surface area contributed by atoms with Gasteiger partial charge in [0.2, 0.25) is 0 Å². The summed E-state index contributed by atoms with van der Waals surface area (Å²) in [5.74, 6) is -0.0102. The third-order valence-electron chi connectivity index (χ3n) is 4.89. The number of methoxy groups -OCH3 is 1. The minimum absolute atomic E-state index is 0.105. The molecule has 1 aromatic heterocycles. The lowest BCUT2D eigenvalue weighted by molar-refractivity contribution is -0.126. The Balaban J connectivity index is 1.67. The highest BCUT2D eigenvalue weighted by Crippen LogP contribution is 2.41. The molecular formula is C19H20FNO2S. The van der Waals surface area contributed by atoms with Gasteiger partial charge in [0.05, 0.1) is 13.2 Å². The molecule has 3 nitrogen and oxygen atoms in total. The lowest BCUT2D eigenvalue weighted by atomic mass is 9.95. The molecule has 0 saturated heterocycles. The summed E-state index contributed by atoms with van der Waals surface area (Å²) >= 11 is 1.67. The summed E-state index contributed by atoms with van der Waals surface area (Å²) in [5, 5.41) is 0.901. The Kier molecular flexibility index (Phi) is 4.14. The third-order valence-corrected chi connectivity index (χ3v) is 6.09. The molecule has 1 fully saturated rings. The molecule has 1 aliphatic carbocycles. The van der Waals surface area contributed by atoms with Crippen LogP contribution in [0.25, 0.3) is 0 Å². The molecule has 1 saturated carbocycles. The van der Waals surface area contributed by atoms with E-state index >= 15 is 0 Å². The quantitative estimate of drug-likeness (QED) is 0.821. The fourth-order valence-corrected chi connectivity index (χ4v) is 4.44. The van der Waals surface area contributed by atoms with Gasteiger partial charge >= 0.3 is 0 Å². The summed E-state index contributed by atoms with van der Waals surface area (Å²) < 4.78 is 19.7. The summed E-state index contributed by atoms with van der Waals surface area (Å²) in [5.41, 5.74) is 1.72. The number of ketones is 1. The normalized spacial score (nSPS) is 18.9. The highest BCUT2D eigenvalue weighted by atomic mass is 32.1. The van der Waals surface area contributed by atoms with Crippen LogP contribution in [-0.2, 0) is 17.8 Å². The molecule has 0 bridgehead atoms. The first kappa shape index (κ1) is 15.8. The summed E-state index contributed by atoms with van der Waals surface area (Å²) in [4.78, 5) is 16.3. The topological polar surface area (TPSA) is 29.5 Å². The minimum atomic E-state index is -0.474. The maximum Gasteiger partial charge on any atom is 0.173 e. The van der Waals surface area contributed by atoms with Crippen molar-refractivity contribution >= 4 is 17.1 Å². The van der Waals surface area contributed by atoms with E-state index in [-0.39, 0.29) is 17.5 Å². The van der Waals surface area contributed by atoms with Gasteiger partial charge in [-0.3, -0.25) is 9.69 Å². The molecular weight excluding hydrogens is 325 g/mol. The fraction of sp³-hybridized carbons (Fsp3) is 0.421. The number of carbonyl (C=O) groups is 1. The van der Waals surface area contributed by atoms with Gasteiger partial charge in [-0.2, -0.15) is 0 Å². The average Bonchev–Trinajstić information content (AvgIpc) is 3.36. The third kappa shape index (κ3) is 2.87. The van der Waals surface area contributed by atoms with E-state index < -0.39 is 6.04 Å². The molecule has 1 unspecified atom stereocenters. The average molecular weight is 345 g/mol. The summed E-state index contributed by atoms with van der Waals surface area (Å²) in [6.07, 6.45) is 2.76. The minimum Gasteiger partial charge on any atom is -0.487 e. The number of hydrogen-bond acceptors (Lipinski definition) is 4. The number of halogens is 1. The van der Waals surface area contributed by atoms with Crippen LogP contribution < -0.4 is 4.74 Å². The molecule has 126 valence electrons. The van der Waals surface area contributed by atoms with Crippen LogP contribution in [0.3, 0.4) is 0 Å². The van der Waals surface area contributed by atoms with Crippen molar-refractivity contribution < 1.29 is 13.9 Å². The highest BCUT2D eigenvalue weighted by molar-refractivity contribution is 7.14. The number of ether oxygens (including phenoxy) is 1. The Hall–Kier alpha value is -1.72. The van der Waals surface area contributed by atoms with E-state index in [1.165, 1.54) is 16.5 Å². The Morgan fingerprint density at radius 3 is 2.88 bits per heavy atom. The van der Waals surface area contributed by atoms with Crippen molar-refractivity contribution in [3.05, 3.63) is 52.2 Å². The first-order chi connectivity index (χ1) is 11.7. The van der Waals surface area contributed by atoms with Gasteiger partial charge in [-0.15, -0.1) is 11.3 Å². The van der Waals surface area contributed by atoms with Gasteiger partial charge < -0.3 is 4.74 Å². The maximum absolute atomic E-state index is 14.4. The van der Waals surface area contributed by atoms with Crippen LogP contribution in [0.5, 0.6) is 5.06 Å². The predicted octanol–water partition coefficient (Wildman–Crippen LogP) is 3.97. The van der Waals surface area contributed by atoms with Crippen molar-refractivity contribution in [3.8, 4) is 5.06 Å². The van der Waals surface area contributed by atoms with Crippen molar-refractivity contribution in [3.63, 3.8) is 0 Å². The second kappa shape index (κ2) is 6.30. The molecule has 0 amide bonds. The van der Waals surface area contributed by atoms with E-state index in [2.05, 4.69) is 4.90 Å². The van der Waals surface area contributed by atoms with Crippen molar-refractivity contribution in [1.29, 1.82) is 0 Å². The monoisotopic (exact) mass is 345 g/mol. The largest absolute Gasteiger partial charge is 0.487 e. The molecule has 5 heteroatoms. The smallest absolute Gasteiger partial charge is 0.173 e. The van der Waals surface area contributed by atoms with Crippen LogP contribution in [0, 0.1) is 11.7 Å². The molecule has 2 aromatic rings. The van der Waals surface area contributed by atoms with Gasteiger partial charge in [-0.05, 0) is 37.0 Å². The molecule has 1 aliphatic heterocycles. The summed E-state index contributed by atoms with van der Waals surface area (Å²) in [7, 11) is 1.67. The highest BCUT2D eigenvalue weighted by Gasteiger charge is 2.40. The van der Waals surface area contributed by atoms with Crippen molar-refractivity contribution in [2.24, 2.45) is 5.92 Å². The summed E-state index contributed by atoms with van der Waals surface area (Å²) in [6, 6.07) is 8.27. The number of thiophene rings is 1. The number of Topliss-reactive ketones (excluding diaryl/α,β-unsaturated/α-hetero) is 1. The summed E-state index contributed by atoms with van der Waals surface area (Å²) in [6.45, 7) is 1.45. The molecule has 0 spiro atoms. The molecule has 1 atom stereocenters. The van der Waals surface area contributed by atoms with E-state index in [9.17, 15) is 9.18 Å². The van der Waals surface area contributed by atoms with Crippen molar-refractivity contribution in [1.82, 2.24) is 4.90 Å². The molecule has 24 heavy (non-hydrogen) atoms. The van der Waals surface area contributed by atoms with Crippen LogP contribution in [0.2, 0.25) is 0 Å². The molecule has 1 aromatic carbocycles. The van der Waals surface area contributed by atoms with Gasteiger partial charge in [0.1, 0.15) is 5.82 Å². The number of nitrogens with zero attached hydrogens (tertiary/aromatic N) is 1. The first-order valence-electron chi connectivity index (χ1n) is 8.35. The second-order valence-corrected chi connectivity index (χ2v) is 7.64. The zero-order valence-electron chi connectivity index (χ0n) is 13.6. The van der Waals surface area contributed by atoms with Gasteiger partial charge in [-0.1, -0.05) is 18.2 Å². The number of hydrogen-bond donors (Lipinski definition) is 0. The van der Waals surface area contributed by atoms with Crippen molar-refractivity contribution in [2.45, 2.75) is 31.8 Å². The van der Waals surface area contributed by atoms with Crippen LogP contribution in [0.1, 0.15) is 34.9 Å². The Bertz CT molecular complexity index is 768. The van der Waals surface area contributed by atoms with Gasteiger partial charge in [0, 0.05) is 29.4 Å². The van der Waals surface area contributed by atoms with Crippen molar-refractivity contribution in [2.75, 3.05) is 13.7 Å². The second-order valence-electron chi connectivity index (χ2n) is 6.54. The first-order valence-corrected chi connectivity index (χ1v) is 9.17.